The highest BCUT2D eigenvalue weighted by atomic mass is 32.2. The molecule has 1 saturated heterocycles. The summed E-state index contributed by atoms with van der Waals surface area (Å²) >= 11 is 0. The molecule has 0 aliphatic carbocycles. The molecule has 1 heterocycles. The Kier molecular flexibility index (Phi) is 6.11. The van der Waals surface area contributed by atoms with E-state index in [9.17, 15) is 13.8 Å². The van der Waals surface area contributed by atoms with Crippen LogP contribution in [0.15, 0.2) is 0 Å². The first kappa shape index (κ1) is 14.9. The minimum Gasteiger partial charge on any atom is -0.481 e. The molecule has 1 aliphatic rings. The zero-order chi connectivity index (χ0) is 13.5. The monoisotopic (exact) mass is 276 g/mol. The Hall–Kier alpha value is -1.11. The maximum atomic E-state index is 11.8. The van der Waals surface area contributed by atoms with Crippen LogP contribution in [0.25, 0.3) is 0 Å². The fourth-order valence-electron chi connectivity index (χ4n) is 1.79. The van der Waals surface area contributed by atoms with Crippen molar-refractivity contribution in [3.05, 3.63) is 0 Å². The van der Waals surface area contributed by atoms with Crippen molar-refractivity contribution in [2.45, 2.75) is 31.7 Å². The van der Waals surface area contributed by atoms with Gasteiger partial charge >= 0.3 is 12.0 Å². The molecule has 7 heteroatoms. The molecule has 2 N–H and O–H groups in total. The lowest BCUT2D eigenvalue weighted by atomic mass is 10.1. The van der Waals surface area contributed by atoms with E-state index < -0.39 is 16.8 Å². The number of urea groups is 1. The van der Waals surface area contributed by atoms with Crippen molar-refractivity contribution >= 4 is 22.8 Å². The second-order valence-electron chi connectivity index (χ2n) is 4.49. The first-order chi connectivity index (χ1) is 8.49. The van der Waals surface area contributed by atoms with Crippen molar-refractivity contribution in [1.82, 2.24) is 10.2 Å². The molecule has 1 rings (SSSR count). The molecule has 0 atom stereocenters. The molecule has 0 radical (unpaired) electrons. The molecule has 2 amide bonds. The zero-order valence-corrected chi connectivity index (χ0v) is 11.4. The van der Waals surface area contributed by atoms with Crippen molar-refractivity contribution in [2.75, 3.05) is 25.1 Å². The van der Waals surface area contributed by atoms with E-state index in [1.54, 1.807) is 7.05 Å². The Balaban J connectivity index is 2.22. The number of amides is 2. The van der Waals surface area contributed by atoms with Crippen LogP contribution in [0.4, 0.5) is 4.79 Å². The van der Waals surface area contributed by atoms with Crippen molar-refractivity contribution in [1.29, 1.82) is 0 Å². The number of carboxylic acid groups (broad SMARTS) is 1. The minimum atomic E-state index is -0.849. The van der Waals surface area contributed by atoms with E-state index in [-0.39, 0.29) is 18.5 Å². The zero-order valence-electron chi connectivity index (χ0n) is 10.6. The second-order valence-corrected chi connectivity index (χ2v) is 6.19. The maximum Gasteiger partial charge on any atom is 0.317 e. The number of hydrogen-bond acceptors (Lipinski definition) is 3. The fraction of sp³-hybridized carbons (Fsp3) is 0.818. The van der Waals surface area contributed by atoms with Gasteiger partial charge in [-0.25, -0.2) is 4.79 Å². The maximum absolute atomic E-state index is 11.8. The number of aliphatic carboxylic acids is 1. The van der Waals surface area contributed by atoms with Gasteiger partial charge in [0.15, 0.2) is 0 Å². The number of carbonyl (C=O) groups excluding carboxylic acids is 1. The first-order valence-electron chi connectivity index (χ1n) is 6.07. The van der Waals surface area contributed by atoms with E-state index in [0.29, 0.717) is 24.5 Å². The summed E-state index contributed by atoms with van der Waals surface area (Å²) in [5, 5.41) is 11.4. The molecule has 0 aromatic rings. The third-order valence-corrected chi connectivity index (χ3v) is 4.33. The first-order valence-corrected chi connectivity index (χ1v) is 7.56. The van der Waals surface area contributed by atoms with E-state index >= 15 is 0 Å². The van der Waals surface area contributed by atoms with Gasteiger partial charge in [0.2, 0.25) is 0 Å². The van der Waals surface area contributed by atoms with Crippen LogP contribution in [0.2, 0.25) is 0 Å². The van der Waals surface area contributed by atoms with Crippen LogP contribution >= 0.6 is 0 Å². The molecule has 0 aromatic heterocycles. The summed E-state index contributed by atoms with van der Waals surface area (Å²) in [6.07, 6.45) is 2.02. The summed E-state index contributed by atoms with van der Waals surface area (Å²) in [7, 11) is 0.924. The van der Waals surface area contributed by atoms with E-state index in [0.717, 1.165) is 12.8 Å². The van der Waals surface area contributed by atoms with Crippen molar-refractivity contribution in [2.24, 2.45) is 0 Å². The SMILES string of the molecule is CN(CCCC(=O)O)C(=O)NC1CCS(=O)CC1. The topological polar surface area (TPSA) is 86.7 Å². The van der Waals surface area contributed by atoms with Gasteiger partial charge in [0.05, 0.1) is 0 Å². The van der Waals surface area contributed by atoms with Crippen LogP contribution in [0, 0.1) is 0 Å². The predicted octanol–water partition coefficient (Wildman–Crippen LogP) is 0.404. The smallest absolute Gasteiger partial charge is 0.317 e. The van der Waals surface area contributed by atoms with Gasteiger partial charge in [0, 0.05) is 48.4 Å². The third kappa shape index (κ3) is 5.48. The second kappa shape index (κ2) is 7.35. The molecular formula is C11H20N2O4S. The van der Waals surface area contributed by atoms with Gasteiger partial charge in [-0.3, -0.25) is 9.00 Å². The Morgan fingerprint density at radius 2 is 2.00 bits per heavy atom. The van der Waals surface area contributed by atoms with E-state index in [4.69, 9.17) is 5.11 Å². The Morgan fingerprint density at radius 1 is 1.39 bits per heavy atom. The van der Waals surface area contributed by atoms with Crippen LogP contribution in [0.3, 0.4) is 0 Å². The average molecular weight is 276 g/mol. The number of hydrogen-bond donors (Lipinski definition) is 2. The third-order valence-electron chi connectivity index (χ3n) is 2.95. The van der Waals surface area contributed by atoms with Crippen LogP contribution < -0.4 is 5.32 Å². The van der Waals surface area contributed by atoms with Gasteiger partial charge in [0.25, 0.3) is 0 Å². The lowest BCUT2D eigenvalue weighted by Gasteiger charge is -2.25. The number of carboxylic acids is 1. The minimum absolute atomic E-state index is 0.0695. The predicted molar refractivity (Wildman–Crippen MR) is 68.9 cm³/mol. The highest BCUT2D eigenvalue weighted by molar-refractivity contribution is 7.85. The summed E-state index contributed by atoms with van der Waals surface area (Å²) < 4.78 is 11.2. The average Bonchev–Trinajstić information content (AvgIpc) is 2.31. The Morgan fingerprint density at radius 3 is 2.56 bits per heavy atom. The van der Waals surface area contributed by atoms with Crippen molar-refractivity contribution in [3.63, 3.8) is 0 Å². The van der Waals surface area contributed by atoms with Crippen molar-refractivity contribution in [3.8, 4) is 0 Å². The van der Waals surface area contributed by atoms with Crippen LogP contribution in [-0.4, -0.2) is 57.4 Å². The molecule has 1 aliphatic heterocycles. The molecule has 0 unspecified atom stereocenters. The number of nitrogens with zero attached hydrogens (tertiary/aromatic N) is 1. The molecule has 18 heavy (non-hydrogen) atoms. The van der Waals surface area contributed by atoms with E-state index in [1.165, 1.54) is 4.90 Å². The molecule has 1 fully saturated rings. The summed E-state index contributed by atoms with van der Waals surface area (Å²) in [5.74, 6) is 0.444. The normalized spacial score (nSPS) is 23.4. The van der Waals surface area contributed by atoms with Gasteiger partial charge in [0.1, 0.15) is 0 Å². The van der Waals surface area contributed by atoms with Crippen LogP contribution in [0.1, 0.15) is 25.7 Å². The highest BCUT2D eigenvalue weighted by Crippen LogP contribution is 2.09. The van der Waals surface area contributed by atoms with E-state index in [1.807, 2.05) is 0 Å². The molecule has 0 bridgehead atoms. The van der Waals surface area contributed by atoms with Gasteiger partial charge in [-0.2, -0.15) is 0 Å². The van der Waals surface area contributed by atoms with E-state index in [2.05, 4.69) is 5.32 Å². The number of rotatable bonds is 5. The molecular weight excluding hydrogens is 256 g/mol. The fourth-order valence-corrected chi connectivity index (χ4v) is 3.09. The van der Waals surface area contributed by atoms with Crippen LogP contribution in [0.5, 0.6) is 0 Å². The molecule has 0 spiro atoms. The Bertz CT molecular complexity index is 325. The molecule has 0 saturated carbocycles. The van der Waals surface area contributed by atoms with Gasteiger partial charge in [-0.1, -0.05) is 0 Å². The van der Waals surface area contributed by atoms with Crippen LogP contribution in [-0.2, 0) is 15.6 Å². The molecule has 104 valence electrons. The van der Waals surface area contributed by atoms with Gasteiger partial charge < -0.3 is 15.3 Å². The van der Waals surface area contributed by atoms with Crippen molar-refractivity contribution < 1.29 is 18.9 Å². The standard InChI is InChI=1S/C11H20N2O4S/c1-13(6-2-3-10(14)15)11(16)12-9-4-7-18(17)8-5-9/h9H,2-8H2,1H3,(H,12,16)(H,14,15). The quantitative estimate of drug-likeness (QED) is 0.761. The summed E-state index contributed by atoms with van der Waals surface area (Å²) in [6, 6.07) is -0.0878. The number of carbonyl (C=O) groups is 2. The van der Waals surface area contributed by atoms with Gasteiger partial charge in [-0.05, 0) is 19.3 Å². The molecule has 6 nitrogen and oxygen atoms in total. The largest absolute Gasteiger partial charge is 0.481 e. The molecule has 0 aromatic carbocycles. The Labute approximate surface area is 109 Å². The summed E-state index contributed by atoms with van der Waals surface area (Å²) in [5.41, 5.74) is 0. The number of nitrogens with one attached hydrogen (secondary N) is 1. The summed E-state index contributed by atoms with van der Waals surface area (Å²) in [6.45, 7) is 0.427. The highest BCUT2D eigenvalue weighted by Gasteiger charge is 2.20. The summed E-state index contributed by atoms with van der Waals surface area (Å²) in [4.78, 5) is 23.6. The lowest BCUT2D eigenvalue weighted by molar-refractivity contribution is -0.137. The lowest BCUT2D eigenvalue weighted by Crippen LogP contribution is -2.45. The van der Waals surface area contributed by atoms with Gasteiger partial charge in [-0.15, -0.1) is 0 Å².